The molecule has 1 fully saturated rings. The van der Waals surface area contributed by atoms with Crippen molar-refractivity contribution in [1.29, 1.82) is 0 Å². The molecule has 1 aromatic carbocycles. The molecule has 1 saturated heterocycles. The Labute approximate surface area is 119 Å². The second-order valence-electron chi connectivity index (χ2n) is 5.51. The summed E-state index contributed by atoms with van der Waals surface area (Å²) in [6, 6.07) is 8.33. The molecule has 0 aliphatic carbocycles. The molecule has 1 aliphatic rings. The summed E-state index contributed by atoms with van der Waals surface area (Å²) in [5.74, 6) is 0.120. The first-order valence-electron chi connectivity index (χ1n) is 7.22. The summed E-state index contributed by atoms with van der Waals surface area (Å²) in [6.07, 6.45) is 2.03. The fourth-order valence-electron chi connectivity index (χ4n) is 3.03. The van der Waals surface area contributed by atoms with E-state index in [1.54, 1.807) is 0 Å². The van der Waals surface area contributed by atoms with Crippen LogP contribution < -0.4 is 10.6 Å². The largest absolute Gasteiger partial charge is 0.351 e. The molecule has 106 valence electrons. The van der Waals surface area contributed by atoms with E-state index in [0.29, 0.717) is 6.54 Å². The molecule has 4 nitrogen and oxygen atoms in total. The predicted molar refractivity (Wildman–Crippen MR) is 80.5 cm³/mol. The second-order valence-corrected chi connectivity index (χ2v) is 5.51. The van der Waals surface area contributed by atoms with Crippen LogP contribution in [-0.2, 0) is 18.4 Å². The molecule has 0 radical (unpaired) electrons. The molecule has 3 rings (SSSR count). The van der Waals surface area contributed by atoms with Crippen LogP contribution in [0.1, 0.15) is 24.1 Å². The van der Waals surface area contributed by atoms with Gasteiger partial charge in [-0.15, -0.1) is 0 Å². The normalized spacial score (nSPS) is 18.6. The summed E-state index contributed by atoms with van der Waals surface area (Å²) in [7, 11) is 2.07. The number of nitrogens with one attached hydrogen (secondary N) is 2. The van der Waals surface area contributed by atoms with Gasteiger partial charge in [0.1, 0.15) is 0 Å². The number of hydrogen-bond acceptors (Lipinski definition) is 2. The lowest BCUT2D eigenvalue weighted by molar-refractivity contribution is -0.122. The molecule has 2 heterocycles. The Morgan fingerprint density at radius 3 is 3.00 bits per heavy atom. The molecular weight excluding hydrogens is 250 g/mol. The number of carbonyl (C=O) groups excluding carboxylic acids is 1. The van der Waals surface area contributed by atoms with Gasteiger partial charge in [0.2, 0.25) is 5.91 Å². The first-order valence-corrected chi connectivity index (χ1v) is 7.22. The van der Waals surface area contributed by atoms with Crippen molar-refractivity contribution in [3.63, 3.8) is 0 Å². The Kier molecular flexibility index (Phi) is 3.49. The summed E-state index contributed by atoms with van der Waals surface area (Å²) in [5.41, 5.74) is 3.65. The fourth-order valence-corrected chi connectivity index (χ4v) is 3.03. The highest BCUT2D eigenvalue weighted by Gasteiger charge is 2.22. The van der Waals surface area contributed by atoms with Crippen LogP contribution in [0.5, 0.6) is 0 Å². The predicted octanol–water partition coefficient (Wildman–Crippen LogP) is 1.85. The number of hydrogen-bond donors (Lipinski definition) is 2. The molecule has 0 spiro atoms. The summed E-state index contributed by atoms with van der Waals surface area (Å²) in [5, 5.41) is 7.53. The van der Waals surface area contributed by atoms with Crippen molar-refractivity contribution < 1.29 is 4.79 Å². The molecule has 1 amide bonds. The average Bonchev–Trinajstić information content (AvgIpc) is 3.07. The number of benzene rings is 1. The highest BCUT2D eigenvalue weighted by molar-refractivity contribution is 5.87. The van der Waals surface area contributed by atoms with Crippen LogP contribution in [0.3, 0.4) is 0 Å². The lowest BCUT2D eigenvalue weighted by Gasteiger charge is -2.11. The molecule has 1 aromatic heterocycles. The number of rotatable bonds is 3. The Balaban J connectivity index is 1.80. The van der Waals surface area contributed by atoms with Gasteiger partial charge >= 0.3 is 0 Å². The zero-order chi connectivity index (χ0) is 14.1. The summed E-state index contributed by atoms with van der Waals surface area (Å²) >= 11 is 0. The van der Waals surface area contributed by atoms with Crippen molar-refractivity contribution in [2.45, 2.75) is 32.4 Å². The van der Waals surface area contributed by atoms with E-state index >= 15 is 0 Å². The third-order valence-electron chi connectivity index (χ3n) is 4.35. The quantitative estimate of drug-likeness (QED) is 0.895. The van der Waals surface area contributed by atoms with E-state index in [2.05, 4.69) is 41.3 Å². The van der Waals surface area contributed by atoms with E-state index in [1.807, 2.05) is 12.1 Å². The molecule has 0 bridgehead atoms. The molecule has 1 atom stereocenters. The molecule has 20 heavy (non-hydrogen) atoms. The molecule has 2 aromatic rings. The first kappa shape index (κ1) is 13.2. The van der Waals surface area contributed by atoms with E-state index < -0.39 is 0 Å². The number of amides is 1. The van der Waals surface area contributed by atoms with Gasteiger partial charge in [0.15, 0.2) is 0 Å². The monoisotopic (exact) mass is 271 g/mol. The molecule has 2 N–H and O–H groups in total. The Bertz CT molecular complexity index is 638. The minimum Gasteiger partial charge on any atom is -0.351 e. The van der Waals surface area contributed by atoms with Crippen molar-refractivity contribution in [1.82, 2.24) is 15.2 Å². The fraction of sp³-hybridized carbons (Fsp3) is 0.438. The third kappa shape index (κ3) is 2.20. The zero-order valence-corrected chi connectivity index (χ0v) is 12.1. The standard InChI is InChI=1S/C16H21N3O/c1-11-13(10-18-16(20)14-7-5-9-17-14)12-6-3-4-8-15(12)19(11)2/h3-4,6,8,14,17H,5,7,9-10H2,1-2H3,(H,18,20). The Morgan fingerprint density at radius 2 is 2.25 bits per heavy atom. The van der Waals surface area contributed by atoms with Crippen LogP contribution in [0.25, 0.3) is 10.9 Å². The van der Waals surface area contributed by atoms with Gasteiger partial charge in [-0.25, -0.2) is 0 Å². The van der Waals surface area contributed by atoms with E-state index in [9.17, 15) is 4.79 Å². The maximum absolute atomic E-state index is 12.1. The first-order chi connectivity index (χ1) is 9.68. The zero-order valence-electron chi connectivity index (χ0n) is 12.1. The molecule has 1 aliphatic heterocycles. The van der Waals surface area contributed by atoms with Crippen molar-refractivity contribution >= 4 is 16.8 Å². The summed E-state index contributed by atoms with van der Waals surface area (Å²) in [4.78, 5) is 12.1. The molecule has 0 saturated carbocycles. The number of aryl methyl sites for hydroxylation is 1. The maximum Gasteiger partial charge on any atom is 0.237 e. The van der Waals surface area contributed by atoms with E-state index in [-0.39, 0.29) is 11.9 Å². The van der Waals surface area contributed by atoms with E-state index in [4.69, 9.17) is 0 Å². The number of fused-ring (bicyclic) bond motifs is 1. The maximum atomic E-state index is 12.1. The van der Waals surface area contributed by atoms with Crippen molar-refractivity contribution in [3.8, 4) is 0 Å². The van der Waals surface area contributed by atoms with Crippen LogP contribution in [0, 0.1) is 6.92 Å². The number of para-hydroxylation sites is 1. The van der Waals surface area contributed by atoms with Gasteiger partial charge in [-0.1, -0.05) is 18.2 Å². The minimum atomic E-state index is -0.00900. The SMILES string of the molecule is Cc1c(CNC(=O)C2CCCN2)c2ccccc2n1C. The second kappa shape index (κ2) is 5.29. The van der Waals surface area contributed by atoms with Gasteiger partial charge in [0, 0.05) is 30.2 Å². The van der Waals surface area contributed by atoms with Crippen LogP contribution in [0.2, 0.25) is 0 Å². The average molecular weight is 271 g/mol. The minimum absolute atomic E-state index is 0.00900. The van der Waals surface area contributed by atoms with Gasteiger partial charge in [0.05, 0.1) is 6.04 Å². The number of nitrogens with zero attached hydrogens (tertiary/aromatic N) is 1. The topological polar surface area (TPSA) is 46.1 Å². The third-order valence-corrected chi connectivity index (χ3v) is 4.35. The molecule has 4 heteroatoms. The van der Waals surface area contributed by atoms with E-state index in [1.165, 1.54) is 22.2 Å². The van der Waals surface area contributed by atoms with Crippen LogP contribution in [0.4, 0.5) is 0 Å². The Morgan fingerprint density at radius 1 is 1.45 bits per heavy atom. The lowest BCUT2D eigenvalue weighted by atomic mass is 10.1. The van der Waals surface area contributed by atoms with Gasteiger partial charge in [-0.05, 0) is 37.9 Å². The Hall–Kier alpha value is -1.81. The number of carbonyl (C=O) groups is 1. The van der Waals surface area contributed by atoms with E-state index in [0.717, 1.165) is 19.4 Å². The van der Waals surface area contributed by atoms with Crippen LogP contribution in [-0.4, -0.2) is 23.1 Å². The highest BCUT2D eigenvalue weighted by atomic mass is 16.2. The molecule has 1 unspecified atom stereocenters. The van der Waals surface area contributed by atoms with Gasteiger partial charge in [-0.2, -0.15) is 0 Å². The molecular formula is C16H21N3O. The van der Waals surface area contributed by atoms with Gasteiger partial charge < -0.3 is 15.2 Å². The van der Waals surface area contributed by atoms with Crippen molar-refractivity contribution in [2.75, 3.05) is 6.54 Å². The number of aromatic nitrogens is 1. The summed E-state index contributed by atoms with van der Waals surface area (Å²) < 4.78 is 2.19. The highest BCUT2D eigenvalue weighted by Crippen LogP contribution is 2.24. The van der Waals surface area contributed by atoms with Crippen molar-refractivity contribution in [3.05, 3.63) is 35.5 Å². The van der Waals surface area contributed by atoms with Crippen molar-refractivity contribution in [2.24, 2.45) is 7.05 Å². The van der Waals surface area contributed by atoms with Crippen LogP contribution >= 0.6 is 0 Å². The van der Waals surface area contributed by atoms with Crippen LogP contribution in [0.15, 0.2) is 24.3 Å². The van der Waals surface area contributed by atoms with Gasteiger partial charge in [-0.3, -0.25) is 4.79 Å². The lowest BCUT2D eigenvalue weighted by Crippen LogP contribution is -2.40. The van der Waals surface area contributed by atoms with Gasteiger partial charge in [0.25, 0.3) is 0 Å². The smallest absolute Gasteiger partial charge is 0.237 e. The summed E-state index contributed by atoms with van der Waals surface area (Å²) in [6.45, 7) is 3.66.